The number of aliphatic carboxylic acids is 1. The monoisotopic (exact) mass is 146 g/mol. The molecule has 0 aliphatic carbocycles. The van der Waals surface area contributed by atoms with Crippen LogP contribution in [0.15, 0.2) is 0 Å². The normalized spacial score (nSPS) is 8.60. The van der Waals surface area contributed by atoms with E-state index in [1.807, 2.05) is 0 Å². The first-order valence-electron chi connectivity index (χ1n) is 2.72. The highest BCUT2D eigenvalue weighted by Gasteiger charge is 2.08. The van der Waals surface area contributed by atoms with E-state index in [4.69, 9.17) is 5.11 Å². The molecule has 0 aromatic rings. The van der Waals surface area contributed by atoms with E-state index in [0.717, 1.165) is 4.90 Å². The molecule has 0 spiro atoms. The van der Waals surface area contributed by atoms with Gasteiger partial charge in [0.25, 0.3) is 0 Å². The first-order chi connectivity index (χ1) is 4.57. The lowest BCUT2D eigenvalue weighted by Crippen LogP contribution is -2.38. The summed E-state index contributed by atoms with van der Waals surface area (Å²) in [5.41, 5.74) is 0. The minimum atomic E-state index is -1.02. The molecular formula is C5H10N2O3. The van der Waals surface area contributed by atoms with Gasteiger partial charge in [-0.25, -0.2) is 4.79 Å². The molecule has 0 saturated heterocycles. The number of carbonyl (C=O) groups is 2. The van der Waals surface area contributed by atoms with Gasteiger partial charge in [0.2, 0.25) is 0 Å². The zero-order valence-electron chi connectivity index (χ0n) is 5.92. The van der Waals surface area contributed by atoms with Crippen molar-refractivity contribution < 1.29 is 14.7 Å². The number of urea groups is 1. The van der Waals surface area contributed by atoms with E-state index in [9.17, 15) is 9.59 Å². The summed E-state index contributed by atoms with van der Waals surface area (Å²) in [5.74, 6) is -1.02. The van der Waals surface area contributed by atoms with Crippen molar-refractivity contribution in [1.82, 2.24) is 10.2 Å². The average molecular weight is 146 g/mol. The number of likely N-dealkylation sites (N-methyl/N-ethyl adjacent to an activating group) is 1. The Morgan fingerprint density at radius 1 is 1.60 bits per heavy atom. The second-order valence-electron chi connectivity index (χ2n) is 1.80. The zero-order valence-corrected chi connectivity index (χ0v) is 5.92. The lowest BCUT2D eigenvalue weighted by Gasteiger charge is -2.12. The van der Waals surface area contributed by atoms with Crippen molar-refractivity contribution in [3.8, 4) is 0 Å². The molecular weight excluding hydrogens is 136 g/mol. The highest BCUT2D eigenvalue weighted by Crippen LogP contribution is 1.81. The molecule has 0 rings (SSSR count). The Hall–Kier alpha value is -1.26. The van der Waals surface area contributed by atoms with Gasteiger partial charge < -0.3 is 15.3 Å². The van der Waals surface area contributed by atoms with E-state index in [1.165, 1.54) is 14.1 Å². The van der Waals surface area contributed by atoms with Crippen molar-refractivity contribution in [2.24, 2.45) is 0 Å². The summed E-state index contributed by atoms with van der Waals surface area (Å²) in [7, 11) is 2.85. The molecule has 0 aromatic heterocycles. The van der Waals surface area contributed by atoms with E-state index in [1.54, 1.807) is 0 Å². The van der Waals surface area contributed by atoms with Crippen LogP contribution in [0, 0.1) is 0 Å². The van der Waals surface area contributed by atoms with Gasteiger partial charge in [-0.3, -0.25) is 4.79 Å². The van der Waals surface area contributed by atoms with E-state index in [2.05, 4.69) is 5.32 Å². The van der Waals surface area contributed by atoms with Gasteiger partial charge in [-0.2, -0.15) is 0 Å². The van der Waals surface area contributed by atoms with Gasteiger partial charge >= 0.3 is 12.0 Å². The third-order valence-corrected chi connectivity index (χ3v) is 0.933. The summed E-state index contributed by atoms with van der Waals surface area (Å²) in [6, 6.07) is -0.401. The van der Waals surface area contributed by atoms with Crippen molar-refractivity contribution in [2.45, 2.75) is 0 Å². The van der Waals surface area contributed by atoms with Gasteiger partial charge in [0.1, 0.15) is 6.54 Å². The Kier molecular flexibility index (Phi) is 3.24. The predicted molar refractivity (Wildman–Crippen MR) is 34.7 cm³/mol. The summed E-state index contributed by atoms with van der Waals surface area (Å²) >= 11 is 0. The van der Waals surface area contributed by atoms with Crippen molar-refractivity contribution >= 4 is 12.0 Å². The molecule has 0 aliphatic rings. The molecule has 0 heterocycles. The Bertz CT molecular complexity index is 146. The fourth-order valence-corrected chi connectivity index (χ4v) is 0.466. The molecule has 0 saturated carbocycles. The molecule has 0 fully saturated rings. The van der Waals surface area contributed by atoms with Crippen molar-refractivity contribution in [3.05, 3.63) is 0 Å². The number of carboxylic acid groups (broad SMARTS) is 1. The molecule has 0 aromatic carbocycles. The van der Waals surface area contributed by atoms with Crippen LogP contribution in [0.4, 0.5) is 4.79 Å². The van der Waals surface area contributed by atoms with Crippen LogP contribution in [0.2, 0.25) is 0 Å². The van der Waals surface area contributed by atoms with E-state index < -0.39 is 12.0 Å². The molecule has 0 radical (unpaired) electrons. The fraction of sp³-hybridized carbons (Fsp3) is 0.600. The smallest absolute Gasteiger partial charge is 0.323 e. The van der Waals surface area contributed by atoms with E-state index in [0.29, 0.717) is 0 Å². The maximum atomic E-state index is 10.6. The first kappa shape index (κ1) is 8.74. The summed E-state index contributed by atoms with van der Waals surface area (Å²) in [4.78, 5) is 21.7. The van der Waals surface area contributed by atoms with E-state index in [-0.39, 0.29) is 6.54 Å². The van der Waals surface area contributed by atoms with Gasteiger partial charge in [-0.1, -0.05) is 0 Å². The Labute approximate surface area is 58.6 Å². The largest absolute Gasteiger partial charge is 0.480 e. The molecule has 0 bridgehead atoms. The van der Waals surface area contributed by atoms with Crippen LogP contribution in [0.1, 0.15) is 0 Å². The van der Waals surface area contributed by atoms with Crippen LogP contribution < -0.4 is 5.32 Å². The minimum absolute atomic E-state index is 0.278. The van der Waals surface area contributed by atoms with Gasteiger partial charge in [0.15, 0.2) is 0 Å². The molecule has 5 nitrogen and oxygen atoms in total. The van der Waals surface area contributed by atoms with Crippen LogP contribution in [0.25, 0.3) is 0 Å². The molecule has 2 N–H and O–H groups in total. The second-order valence-corrected chi connectivity index (χ2v) is 1.80. The summed E-state index contributed by atoms with van der Waals surface area (Å²) < 4.78 is 0. The number of nitrogens with one attached hydrogen (secondary N) is 1. The van der Waals surface area contributed by atoms with Crippen molar-refractivity contribution in [3.63, 3.8) is 0 Å². The Morgan fingerprint density at radius 3 is 2.40 bits per heavy atom. The topological polar surface area (TPSA) is 69.6 Å². The molecule has 0 atom stereocenters. The maximum absolute atomic E-state index is 10.6. The average Bonchev–Trinajstić information content (AvgIpc) is 1.85. The number of rotatable bonds is 2. The number of hydrogen-bond donors (Lipinski definition) is 2. The molecule has 0 unspecified atom stereocenters. The standard InChI is InChI=1S/C5H10N2O3/c1-6-5(10)7(2)3-4(8)9/h3H2,1-2H3,(H,6,10)(H,8,9). The number of carboxylic acids is 1. The van der Waals surface area contributed by atoms with Gasteiger partial charge in [0, 0.05) is 14.1 Å². The SMILES string of the molecule is CNC(=O)N(C)CC(=O)O. The lowest BCUT2D eigenvalue weighted by atomic mass is 10.6. The zero-order chi connectivity index (χ0) is 8.15. The third kappa shape index (κ3) is 2.91. The highest BCUT2D eigenvalue weighted by molar-refractivity contribution is 5.79. The maximum Gasteiger partial charge on any atom is 0.323 e. The van der Waals surface area contributed by atoms with Crippen LogP contribution in [0.5, 0.6) is 0 Å². The third-order valence-electron chi connectivity index (χ3n) is 0.933. The summed E-state index contributed by atoms with van der Waals surface area (Å²) in [5, 5.41) is 10.5. The van der Waals surface area contributed by atoms with Crippen LogP contribution in [0.3, 0.4) is 0 Å². The number of nitrogens with zero attached hydrogens (tertiary/aromatic N) is 1. The quantitative estimate of drug-likeness (QED) is 0.543. The molecule has 5 heteroatoms. The lowest BCUT2D eigenvalue weighted by molar-refractivity contribution is -0.137. The molecule has 10 heavy (non-hydrogen) atoms. The van der Waals surface area contributed by atoms with Crippen molar-refractivity contribution in [2.75, 3.05) is 20.6 Å². The molecule has 0 aliphatic heterocycles. The van der Waals surface area contributed by atoms with Gasteiger partial charge in [0.05, 0.1) is 0 Å². The predicted octanol–water partition coefficient (Wildman–Crippen LogP) is -0.658. The number of amides is 2. The molecule has 58 valence electrons. The van der Waals surface area contributed by atoms with Crippen LogP contribution in [-0.2, 0) is 4.79 Å². The van der Waals surface area contributed by atoms with Gasteiger partial charge in [-0.05, 0) is 0 Å². The summed E-state index contributed by atoms with van der Waals surface area (Å²) in [6.45, 7) is -0.278. The Morgan fingerprint density at radius 2 is 2.10 bits per heavy atom. The number of hydrogen-bond acceptors (Lipinski definition) is 2. The summed E-state index contributed by atoms with van der Waals surface area (Å²) in [6.07, 6.45) is 0. The number of carbonyl (C=O) groups excluding carboxylic acids is 1. The van der Waals surface area contributed by atoms with E-state index >= 15 is 0 Å². The first-order valence-corrected chi connectivity index (χ1v) is 2.72. The molecule has 2 amide bonds. The van der Waals surface area contributed by atoms with Crippen molar-refractivity contribution in [1.29, 1.82) is 0 Å². The van der Waals surface area contributed by atoms with Crippen LogP contribution in [-0.4, -0.2) is 42.6 Å². The van der Waals surface area contributed by atoms with Crippen LogP contribution >= 0.6 is 0 Å². The van der Waals surface area contributed by atoms with Gasteiger partial charge in [-0.15, -0.1) is 0 Å². The fourth-order valence-electron chi connectivity index (χ4n) is 0.466. The highest BCUT2D eigenvalue weighted by atomic mass is 16.4. The minimum Gasteiger partial charge on any atom is -0.480 e. The Balaban J connectivity index is 3.72. The second kappa shape index (κ2) is 3.71.